The van der Waals surface area contributed by atoms with E-state index in [1.165, 1.54) is 36.3 Å². The second-order valence-electron chi connectivity index (χ2n) is 10.7. The third-order valence-corrected chi connectivity index (χ3v) is 6.92. The van der Waals surface area contributed by atoms with E-state index in [2.05, 4.69) is 10.4 Å². The maximum absolute atomic E-state index is 14.2. The third kappa shape index (κ3) is 4.68. The van der Waals surface area contributed by atoms with Crippen LogP contribution in [0.5, 0.6) is 0 Å². The molecule has 0 saturated heterocycles. The summed E-state index contributed by atoms with van der Waals surface area (Å²) >= 11 is 0. The van der Waals surface area contributed by atoms with Crippen molar-refractivity contribution in [3.8, 4) is 0 Å². The van der Waals surface area contributed by atoms with E-state index >= 15 is 0 Å². The monoisotopic (exact) mass is 454 g/mol. The van der Waals surface area contributed by atoms with Crippen molar-refractivity contribution in [1.29, 1.82) is 0 Å². The van der Waals surface area contributed by atoms with Gasteiger partial charge < -0.3 is 5.32 Å². The molecule has 4 rings (SSSR count). The van der Waals surface area contributed by atoms with Gasteiger partial charge in [-0.2, -0.15) is 5.10 Å². The highest BCUT2D eigenvalue weighted by atomic mass is 19.1. The number of halogens is 1. The minimum absolute atomic E-state index is 0.0863. The number of benzene rings is 1. The van der Waals surface area contributed by atoms with Gasteiger partial charge in [0.15, 0.2) is 0 Å². The fraction of sp³-hybridized carbons (Fsp3) is 0.577. The zero-order valence-electron chi connectivity index (χ0n) is 20.2. The normalized spacial score (nSPS) is 22.5. The van der Waals surface area contributed by atoms with E-state index in [-0.39, 0.29) is 29.8 Å². The first-order valence-electron chi connectivity index (χ1n) is 12.1. The van der Waals surface area contributed by atoms with Crippen molar-refractivity contribution in [1.82, 2.24) is 15.1 Å². The molecule has 1 aliphatic heterocycles. The van der Waals surface area contributed by atoms with E-state index in [9.17, 15) is 14.0 Å². The summed E-state index contributed by atoms with van der Waals surface area (Å²) in [7, 11) is 0. The molecule has 1 unspecified atom stereocenters. The number of carbonyl (C=O) groups is 2. The van der Waals surface area contributed by atoms with Crippen molar-refractivity contribution in [3.05, 3.63) is 47.5 Å². The van der Waals surface area contributed by atoms with Gasteiger partial charge in [-0.05, 0) is 44.0 Å². The van der Waals surface area contributed by atoms with Gasteiger partial charge in [0.2, 0.25) is 5.91 Å². The van der Waals surface area contributed by atoms with Crippen LogP contribution in [0.15, 0.2) is 30.3 Å². The lowest BCUT2D eigenvalue weighted by Crippen LogP contribution is -2.65. The highest BCUT2D eigenvalue weighted by Gasteiger charge is 2.49. The third-order valence-electron chi connectivity index (χ3n) is 6.92. The molecule has 2 heterocycles. The van der Waals surface area contributed by atoms with Crippen LogP contribution in [0.4, 0.5) is 10.1 Å². The van der Waals surface area contributed by atoms with Gasteiger partial charge in [-0.25, -0.2) is 4.39 Å². The van der Waals surface area contributed by atoms with E-state index in [1.807, 2.05) is 20.8 Å². The molecule has 0 spiro atoms. The summed E-state index contributed by atoms with van der Waals surface area (Å²) in [5.41, 5.74) is 0.1000. The second-order valence-corrected chi connectivity index (χ2v) is 10.7. The number of nitrogens with one attached hydrogen (secondary N) is 1. The fourth-order valence-electron chi connectivity index (χ4n) is 4.91. The lowest BCUT2D eigenvalue weighted by molar-refractivity contribution is -0.127. The number of hydrogen-bond acceptors (Lipinski definition) is 3. The molecule has 7 heteroatoms. The number of anilines is 1. The van der Waals surface area contributed by atoms with E-state index < -0.39 is 11.4 Å². The molecular weight excluding hydrogens is 419 g/mol. The molecular formula is C26H35FN4O2. The summed E-state index contributed by atoms with van der Waals surface area (Å²) in [6, 6.07) is 7.78. The van der Waals surface area contributed by atoms with Crippen LogP contribution >= 0.6 is 0 Å². The number of nitrogens with zero attached hydrogens (tertiary/aromatic N) is 3. The molecule has 1 aliphatic carbocycles. The number of carbonyl (C=O) groups excluding carboxylic acids is 2. The maximum Gasteiger partial charge on any atom is 0.277 e. The summed E-state index contributed by atoms with van der Waals surface area (Å²) in [5.74, 6) is -1.01. The number of fused-ring (bicyclic) bond motifs is 1. The van der Waals surface area contributed by atoms with Crippen molar-refractivity contribution in [2.45, 2.75) is 96.2 Å². The van der Waals surface area contributed by atoms with Crippen LogP contribution in [-0.2, 0) is 16.8 Å². The second kappa shape index (κ2) is 8.92. The molecule has 1 aromatic heterocycles. The van der Waals surface area contributed by atoms with Gasteiger partial charge in [0.25, 0.3) is 5.91 Å². The van der Waals surface area contributed by atoms with Crippen molar-refractivity contribution >= 4 is 17.5 Å². The van der Waals surface area contributed by atoms with Crippen LogP contribution in [0.1, 0.15) is 88.8 Å². The zero-order valence-corrected chi connectivity index (χ0v) is 20.2. The smallest absolute Gasteiger partial charge is 0.277 e. The molecule has 1 atom stereocenters. The van der Waals surface area contributed by atoms with Gasteiger partial charge in [0, 0.05) is 17.1 Å². The zero-order chi connectivity index (χ0) is 23.8. The molecule has 178 valence electrons. The predicted octanol–water partition coefficient (Wildman–Crippen LogP) is 4.97. The first-order chi connectivity index (χ1) is 15.6. The number of rotatable bonds is 3. The Kier molecular flexibility index (Phi) is 6.34. The summed E-state index contributed by atoms with van der Waals surface area (Å²) < 4.78 is 15.8. The van der Waals surface area contributed by atoms with Crippen molar-refractivity contribution in [3.63, 3.8) is 0 Å². The number of aromatic nitrogens is 2. The Morgan fingerprint density at radius 3 is 2.42 bits per heavy atom. The number of hydrogen-bond donors (Lipinski definition) is 1. The Labute approximate surface area is 195 Å². The van der Waals surface area contributed by atoms with Crippen molar-refractivity contribution in [2.75, 3.05) is 4.90 Å². The van der Waals surface area contributed by atoms with Crippen LogP contribution in [0.25, 0.3) is 0 Å². The summed E-state index contributed by atoms with van der Waals surface area (Å²) in [4.78, 5) is 29.0. The average molecular weight is 455 g/mol. The Morgan fingerprint density at radius 1 is 1.12 bits per heavy atom. The molecule has 1 fully saturated rings. The molecule has 2 aliphatic rings. The summed E-state index contributed by atoms with van der Waals surface area (Å²) in [5, 5.41) is 7.92. The lowest BCUT2D eigenvalue weighted by Gasteiger charge is -2.43. The highest BCUT2D eigenvalue weighted by molar-refractivity contribution is 6.11. The Morgan fingerprint density at radius 2 is 1.79 bits per heavy atom. The maximum atomic E-state index is 14.2. The minimum atomic E-state index is -1.23. The van der Waals surface area contributed by atoms with E-state index in [0.717, 1.165) is 31.4 Å². The predicted molar refractivity (Wildman–Crippen MR) is 127 cm³/mol. The molecule has 1 saturated carbocycles. The Balaban J connectivity index is 1.73. The van der Waals surface area contributed by atoms with Gasteiger partial charge in [0.05, 0.1) is 12.2 Å². The molecule has 1 aromatic carbocycles. The van der Waals surface area contributed by atoms with Crippen molar-refractivity contribution < 1.29 is 14.0 Å². The standard InChI is InChI=1S/C26H35FN4O2/c1-25(2,3)22-16-21-23(32)31(20-14-10-11-18(27)15-20)26(4,17-30(21)29-22)24(33)28-19-12-8-6-5-7-9-13-19/h10-11,14-16,19H,5-9,12-13,17H2,1-4H3,(H,28,33). The molecule has 2 amide bonds. The molecule has 0 bridgehead atoms. The SMILES string of the molecule is CC(C)(C)c1cc2n(n1)CC(C)(C(=O)NC1CCCCCCC1)N(c1cccc(F)c1)C2=O. The molecule has 2 aromatic rings. The molecule has 1 N–H and O–H groups in total. The average Bonchev–Trinajstić information content (AvgIpc) is 3.14. The van der Waals surface area contributed by atoms with Crippen LogP contribution in [-0.4, -0.2) is 33.2 Å². The van der Waals surface area contributed by atoms with Gasteiger partial charge in [-0.1, -0.05) is 58.9 Å². The van der Waals surface area contributed by atoms with Gasteiger partial charge in [-0.3, -0.25) is 19.2 Å². The highest BCUT2D eigenvalue weighted by Crippen LogP contribution is 2.35. The van der Waals surface area contributed by atoms with Crippen LogP contribution in [0.3, 0.4) is 0 Å². The molecule has 33 heavy (non-hydrogen) atoms. The fourth-order valence-corrected chi connectivity index (χ4v) is 4.91. The van der Waals surface area contributed by atoms with Gasteiger partial charge in [0.1, 0.15) is 17.1 Å². The first kappa shape index (κ1) is 23.5. The summed E-state index contributed by atoms with van der Waals surface area (Å²) in [6.07, 6.45) is 7.68. The Bertz CT molecular complexity index is 1030. The lowest BCUT2D eigenvalue weighted by atomic mass is 9.90. The van der Waals surface area contributed by atoms with Crippen LogP contribution < -0.4 is 10.2 Å². The first-order valence-corrected chi connectivity index (χ1v) is 12.1. The minimum Gasteiger partial charge on any atom is -0.351 e. The van der Waals surface area contributed by atoms with Gasteiger partial charge in [-0.15, -0.1) is 0 Å². The number of amides is 2. The molecule has 0 radical (unpaired) electrons. The quantitative estimate of drug-likeness (QED) is 0.712. The van der Waals surface area contributed by atoms with E-state index in [0.29, 0.717) is 11.4 Å². The molecule has 6 nitrogen and oxygen atoms in total. The van der Waals surface area contributed by atoms with Crippen LogP contribution in [0, 0.1) is 5.82 Å². The van der Waals surface area contributed by atoms with Gasteiger partial charge >= 0.3 is 0 Å². The van der Waals surface area contributed by atoms with E-state index in [1.54, 1.807) is 29.8 Å². The topological polar surface area (TPSA) is 67.2 Å². The largest absolute Gasteiger partial charge is 0.351 e. The Hall–Kier alpha value is -2.70. The van der Waals surface area contributed by atoms with Crippen LogP contribution in [0.2, 0.25) is 0 Å². The summed E-state index contributed by atoms with van der Waals surface area (Å²) in [6.45, 7) is 8.08. The van der Waals surface area contributed by atoms with Crippen molar-refractivity contribution in [2.24, 2.45) is 0 Å². The van der Waals surface area contributed by atoms with E-state index in [4.69, 9.17) is 0 Å².